The van der Waals surface area contributed by atoms with E-state index in [9.17, 15) is 4.79 Å². The van der Waals surface area contributed by atoms with E-state index in [1.54, 1.807) is 20.3 Å². The Morgan fingerprint density at radius 2 is 1.88 bits per heavy atom. The second kappa shape index (κ2) is 11.9. The summed E-state index contributed by atoms with van der Waals surface area (Å²) in [4.78, 5) is 15.8. The van der Waals surface area contributed by atoms with Crippen LogP contribution in [-0.4, -0.2) is 63.4 Å². The number of ether oxygens (including phenoxy) is 3. The summed E-state index contributed by atoms with van der Waals surface area (Å²) in [5.74, 6) is 1.52. The summed E-state index contributed by atoms with van der Waals surface area (Å²) in [7, 11) is 3.28. The number of rotatable bonds is 10. The van der Waals surface area contributed by atoms with Crippen LogP contribution in [0.3, 0.4) is 0 Å². The summed E-state index contributed by atoms with van der Waals surface area (Å²) < 4.78 is 16.4. The first-order valence-corrected chi connectivity index (χ1v) is 11.4. The minimum atomic E-state index is 0.0130. The molecule has 6 nitrogen and oxygen atoms in total. The third kappa shape index (κ3) is 5.81. The van der Waals surface area contributed by atoms with Gasteiger partial charge >= 0.3 is 0 Å². The smallest absolute Gasteiger partial charge is 0.254 e. The van der Waals surface area contributed by atoms with Gasteiger partial charge in [-0.15, -0.1) is 0 Å². The molecule has 0 radical (unpaired) electrons. The number of amides is 1. The van der Waals surface area contributed by atoms with E-state index in [0.29, 0.717) is 36.2 Å². The largest absolute Gasteiger partial charge is 0.493 e. The fourth-order valence-corrected chi connectivity index (χ4v) is 4.45. The fraction of sp³-hybridized carbons (Fsp3) is 0.500. The topological polar surface area (TPSA) is 60.0 Å². The molecule has 1 aliphatic heterocycles. The molecule has 6 heteroatoms. The highest BCUT2D eigenvalue weighted by Gasteiger charge is 2.35. The number of nitrogens with one attached hydrogen (secondary N) is 1. The molecule has 0 aromatic heterocycles. The molecule has 1 aliphatic rings. The number of hydrogen-bond acceptors (Lipinski definition) is 5. The van der Waals surface area contributed by atoms with Crippen molar-refractivity contribution >= 4 is 5.91 Å². The van der Waals surface area contributed by atoms with Crippen molar-refractivity contribution in [2.45, 2.75) is 44.7 Å². The minimum Gasteiger partial charge on any atom is -0.493 e. The zero-order valence-corrected chi connectivity index (χ0v) is 19.7. The average Bonchev–Trinajstić information content (AvgIpc) is 2.82. The van der Waals surface area contributed by atoms with Crippen LogP contribution in [0.1, 0.15) is 48.5 Å². The Hall–Kier alpha value is -2.57. The molecule has 1 amide bonds. The van der Waals surface area contributed by atoms with Crippen molar-refractivity contribution in [1.29, 1.82) is 0 Å². The Morgan fingerprint density at radius 3 is 2.56 bits per heavy atom. The van der Waals surface area contributed by atoms with Crippen molar-refractivity contribution in [3.05, 3.63) is 59.7 Å². The van der Waals surface area contributed by atoms with Crippen molar-refractivity contribution in [3.63, 3.8) is 0 Å². The summed E-state index contributed by atoms with van der Waals surface area (Å²) >= 11 is 0. The highest BCUT2D eigenvalue weighted by molar-refractivity contribution is 5.95. The summed E-state index contributed by atoms with van der Waals surface area (Å²) in [5, 5.41) is 3.50. The predicted octanol–water partition coefficient (Wildman–Crippen LogP) is 4.11. The van der Waals surface area contributed by atoms with Crippen LogP contribution in [-0.2, 0) is 4.74 Å². The van der Waals surface area contributed by atoms with Gasteiger partial charge in [-0.25, -0.2) is 0 Å². The number of nitrogens with zero attached hydrogens (tertiary/aromatic N) is 1. The van der Waals surface area contributed by atoms with E-state index in [0.717, 1.165) is 25.9 Å². The van der Waals surface area contributed by atoms with E-state index in [-0.39, 0.29) is 18.0 Å². The Balaban J connectivity index is 1.86. The molecule has 1 heterocycles. The fourth-order valence-electron chi connectivity index (χ4n) is 4.45. The van der Waals surface area contributed by atoms with Crippen molar-refractivity contribution in [2.75, 3.05) is 40.5 Å². The SMILES string of the molecule is COCCCOc1cc(C(=O)N(C(C)C)C2CNCCC2c2ccccc2)ccc1OC. The van der Waals surface area contributed by atoms with Crippen LogP contribution in [0.4, 0.5) is 0 Å². The van der Waals surface area contributed by atoms with Gasteiger partial charge in [0.15, 0.2) is 11.5 Å². The van der Waals surface area contributed by atoms with Gasteiger partial charge in [0, 0.05) is 44.2 Å². The van der Waals surface area contributed by atoms with Crippen LogP contribution in [0.15, 0.2) is 48.5 Å². The third-order valence-electron chi connectivity index (χ3n) is 5.99. The van der Waals surface area contributed by atoms with Crippen molar-refractivity contribution in [1.82, 2.24) is 10.2 Å². The van der Waals surface area contributed by atoms with Crippen LogP contribution in [0, 0.1) is 0 Å². The van der Waals surface area contributed by atoms with Crippen LogP contribution in [0.25, 0.3) is 0 Å². The zero-order valence-electron chi connectivity index (χ0n) is 19.7. The lowest BCUT2D eigenvalue weighted by molar-refractivity contribution is 0.0537. The molecule has 0 aliphatic carbocycles. The van der Waals surface area contributed by atoms with Gasteiger partial charge in [0.1, 0.15) is 0 Å². The summed E-state index contributed by atoms with van der Waals surface area (Å²) in [6, 6.07) is 16.1. The van der Waals surface area contributed by atoms with Gasteiger partial charge < -0.3 is 24.4 Å². The maximum atomic E-state index is 13.8. The molecule has 174 valence electrons. The van der Waals surface area contributed by atoms with Crippen LogP contribution >= 0.6 is 0 Å². The first kappa shape index (κ1) is 24.1. The van der Waals surface area contributed by atoms with Crippen LogP contribution < -0.4 is 14.8 Å². The van der Waals surface area contributed by atoms with Gasteiger partial charge in [0.25, 0.3) is 5.91 Å². The number of methoxy groups -OCH3 is 2. The molecular formula is C26H36N2O4. The van der Waals surface area contributed by atoms with E-state index in [4.69, 9.17) is 14.2 Å². The molecule has 1 N–H and O–H groups in total. The molecular weight excluding hydrogens is 404 g/mol. The summed E-state index contributed by atoms with van der Waals surface area (Å²) in [6.45, 7) is 7.02. The molecule has 2 unspecified atom stereocenters. The number of carbonyl (C=O) groups excluding carboxylic acids is 1. The Bertz CT molecular complexity index is 856. The normalized spacial score (nSPS) is 18.4. The van der Waals surface area contributed by atoms with Gasteiger partial charge in [0.05, 0.1) is 19.8 Å². The molecule has 2 aromatic carbocycles. The van der Waals surface area contributed by atoms with Crippen molar-refractivity contribution < 1.29 is 19.0 Å². The molecule has 2 aromatic rings. The van der Waals surface area contributed by atoms with Gasteiger partial charge in [-0.3, -0.25) is 4.79 Å². The molecule has 0 bridgehead atoms. The van der Waals surface area contributed by atoms with Crippen LogP contribution in [0.5, 0.6) is 11.5 Å². The average molecular weight is 441 g/mol. The molecule has 2 atom stereocenters. The van der Waals surface area contributed by atoms with E-state index < -0.39 is 0 Å². The second-order valence-electron chi connectivity index (χ2n) is 8.44. The van der Waals surface area contributed by atoms with Crippen LogP contribution in [0.2, 0.25) is 0 Å². The number of hydrogen-bond donors (Lipinski definition) is 1. The Labute approximate surface area is 191 Å². The van der Waals surface area contributed by atoms with E-state index >= 15 is 0 Å². The number of benzene rings is 2. The highest BCUT2D eigenvalue weighted by Crippen LogP contribution is 2.33. The minimum absolute atomic E-state index is 0.0130. The zero-order chi connectivity index (χ0) is 22.9. The first-order valence-electron chi connectivity index (χ1n) is 11.4. The lowest BCUT2D eigenvalue weighted by Crippen LogP contribution is -2.54. The number of piperidine rings is 1. The lowest BCUT2D eigenvalue weighted by atomic mass is 9.84. The maximum Gasteiger partial charge on any atom is 0.254 e. The van der Waals surface area contributed by atoms with Crippen molar-refractivity contribution in [2.24, 2.45) is 0 Å². The van der Waals surface area contributed by atoms with E-state index in [1.807, 2.05) is 23.1 Å². The Kier molecular flexibility index (Phi) is 8.94. The lowest BCUT2D eigenvalue weighted by Gasteiger charge is -2.43. The molecule has 1 fully saturated rings. The maximum absolute atomic E-state index is 13.8. The molecule has 0 saturated carbocycles. The quantitative estimate of drug-likeness (QED) is 0.564. The second-order valence-corrected chi connectivity index (χ2v) is 8.44. The molecule has 32 heavy (non-hydrogen) atoms. The first-order chi connectivity index (χ1) is 15.6. The van der Waals surface area contributed by atoms with E-state index in [1.165, 1.54) is 5.56 Å². The summed E-state index contributed by atoms with van der Waals surface area (Å²) in [6.07, 6.45) is 1.77. The highest BCUT2D eigenvalue weighted by atomic mass is 16.5. The third-order valence-corrected chi connectivity index (χ3v) is 5.99. The van der Waals surface area contributed by atoms with E-state index in [2.05, 4.69) is 43.4 Å². The molecule has 1 saturated heterocycles. The number of carbonyl (C=O) groups is 1. The van der Waals surface area contributed by atoms with Gasteiger partial charge in [-0.05, 0) is 50.6 Å². The van der Waals surface area contributed by atoms with Gasteiger partial charge in [-0.1, -0.05) is 30.3 Å². The van der Waals surface area contributed by atoms with Crippen molar-refractivity contribution in [3.8, 4) is 11.5 Å². The standard InChI is InChI=1S/C26H36N2O4/c1-19(2)28(23-18-27-14-13-22(23)20-9-6-5-7-10-20)26(29)21-11-12-24(31-4)25(17-21)32-16-8-15-30-3/h5-7,9-12,17,19,22-23,27H,8,13-16,18H2,1-4H3. The van der Waals surface area contributed by atoms with Gasteiger partial charge in [-0.2, -0.15) is 0 Å². The Morgan fingerprint density at radius 1 is 1.09 bits per heavy atom. The predicted molar refractivity (Wildman–Crippen MR) is 127 cm³/mol. The summed E-state index contributed by atoms with van der Waals surface area (Å²) in [5.41, 5.74) is 1.90. The van der Waals surface area contributed by atoms with Gasteiger partial charge in [0.2, 0.25) is 0 Å². The monoisotopic (exact) mass is 440 g/mol. The molecule has 3 rings (SSSR count). The molecule has 0 spiro atoms.